The van der Waals surface area contributed by atoms with Gasteiger partial charge in [-0.05, 0) is 41.8 Å². The van der Waals surface area contributed by atoms with Crippen LogP contribution in [0.4, 0.5) is 11.4 Å². The zero-order chi connectivity index (χ0) is 20.4. The zero-order valence-corrected chi connectivity index (χ0v) is 16.0. The summed E-state index contributed by atoms with van der Waals surface area (Å²) in [6.45, 7) is 1.98. The summed E-state index contributed by atoms with van der Waals surface area (Å²) in [4.78, 5) is 10.7. The van der Waals surface area contributed by atoms with Crippen LogP contribution in [0.1, 0.15) is 43.5 Å². The molecule has 1 aromatic heterocycles. The standard InChI is InChI=1S/C20H22N6O3/c1-14-7-3-4-8-17(14)25-19(22-23-24-25)20(11-5-2-6-12-20)21-16-13-15(26(28)29)9-10-18(16)27/h3-4,7-10,13,21,27H,2,5-6,11-12H2,1H3/p-1. The fourth-order valence-corrected chi connectivity index (χ4v) is 4.00. The van der Waals surface area contributed by atoms with Crippen molar-refractivity contribution in [3.63, 3.8) is 0 Å². The summed E-state index contributed by atoms with van der Waals surface area (Å²) in [6, 6.07) is 11.5. The number of nitro groups is 1. The van der Waals surface area contributed by atoms with Crippen molar-refractivity contribution in [1.82, 2.24) is 20.2 Å². The van der Waals surface area contributed by atoms with E-state index >= 15 is 0 Å². The fourth-order valence-electron chi connectivity index (χ4n) is 4.00. The third kappa shape index (κ3) is 3.51. The minimum absolute atomic E-state index is 0.128. The van der Waals surface area contributed by atoms with Gasteiger partial charge in [0.2, 0.25) is 0 Å². The highest BCUT2D eigenvalue weighted by Crippen LogP contribution is 2.41. The number of non-ortho nitro benzene ring substituents is 1. The van der Waals surface area contributed by atoms with Gasteiger partial charge in [0, 0.05) is 17.8 Å². The van der Waals surface area contributed by atoms with Gasteiger partial charge in [-0.3, -0.25) is 10.1 Å². The number of aromatic nitrogens is 4. The van der Waals surface area contributed by atoms with E-state index in [9.17, 15) is 15.2 Å². The maximum Gasteiger partial charge on any atom is 0.271 e. The van der Waals surface area contributed by atoms with Crippen molar-refractivity contribution in [1.29, 1.82) is 0 Å². The van der Waals surface area contributed by atoms with E-state index in [4.69, 9.17) is 0 Å². The SMILES string of the molecule is Cc1ccccc1-n1nnnc1C1(Nc2cc([N+](=O)[O-])ccc2[O-])CCCCC1. The molecule has 0 unspecified atom stereocenters. The number of hydrogen-bond donors (Lipinski definition) is 1. The van der Waals surface area contributed by atoms with E-state index in [-0.39, 0.29) is 17.1 Å². The Balaban J connectivity index is 1.81. The van der Waals surface area contributed by atoms with Crippen molar-refractivity contribution < 1.29 is 10.0 Å². The van der Waals surface area contributed by atoms with E-state index in [1.54, 1.807) is 4.68 Å². The molecule has 1 saturated carbocycles. The van der Waals surface area contributed by atoms with Gasteiger partial charge in [0.25, 0.3) is 5.69 Å². The molecule has 2 aromatic carbocycles. The number of rotatable bonds is 5. The van der Waals surface area contributed by atoms with Crippen LogP contribution >= 0.6 is 0 Å². The molecule has 0 saturated heterocycles. The first-order valence-corrected chi connectivity index (χ1v) is 9.59. The van der Waals surface area contributed by atoms with Gasteiger partial charge in [-0.1, -0.05) is 49.3 Å². The lowest BCUT2D eigenvalue weighted by Crippen LogP contribution is -2.40. The maximum atomic E-state index is 12.4. The third-order valence-electron chi connectivity index (χ3n) is 5.50. The van der Waals surface area contributed by atoms with E-state index in [2.05, 4.69) is 20.8 Å². The lowest BCUT2D eigenvalue weighted by molar-refractivity contribution is -0.385. The molecule has 29 heavy (non-hydrogen) atoms. The van der Waals surface area contributed by atoms with E-state index in [0.717, 1.165) is 43.4 Å². The first kappa shape index (κ1) is 18.9. The first-order chi connectivity index (χ1) is 14.0. The van der Waals surface area contributed by atoms with Crippen LogP contribution in [0.25, 0.3) is 5.69 Å². The van der Waals surface area contributed by atoms with Crippen molar-refractivity contribution in [3.05, 3.63) is 64.0 Å². The molecule has 0 spiro atoms. The minimum atomic E-state index is -0.682. The second-order valence-corrected chi connectivity index (χ2v) is 7.41. The molecule has 1 N–H and O–H groups in total. The van der Waals surface area contributed by atoms with Gasteiger partial charge in [0.1, 0.15) is 0 Å². The number of benzene rings is 2. The van der Waals surface area contributed by atoms with Crippen LogP contribution in [0.3, 0.4) is 0 Å². The normalized spacial score (nSPS) is 15.8. The van der Waals surface area contributed by atoms with Gasteiger partial charge in [0.05, 0.1) is 16.1 Å². The lowest BCUT2D eigenvalue weighted by atomic mass is 9.80. The quantitative estimate of drug-likeness (QED) is 0.521. The highest BCUT2D eigenvalue weighted by atomic mass is 16.6. The molecule has 1 aliphatic carbocycles. The van der Waals surface area contributed by atoms with Crippen molar-refractivity contribution in [3.8, 4) is 11.4 Å². The number of hydrogen-bond acceptors (Lipinski definition) is 7. The number of nitrogens with one attached hydrogen (secondary N) is 1. The highest BCUT2D eigenvalue weighted by molar-refractivity contribution is 5.62. The zero-order valence-electron chi connectivity index (χ0n) is 16.0. The van der Waals surface area contributed by atoms with Gasteiger partial charge in [-0.25, -0.2) is 0 Å². The number of nitro benzene ring substituents is 1. The molecule has 0 amide bonds. The van der Waals surface area contributed by atoms with Gasteiger partial charge in [-0.15, -0.1) is 5.10 Å². The van der Waals surface area contributed by atoms with Crippen LogP contribution in [0.15, 0.2) is 42.5 Å². The van der Waals surface area contributed by atoms with Crippen LogP contribution in [0.5, 0.6) is 5.75 Å². The lowest BCUT2D eigenvalue weighted by Gasteiger charge is -2.38. The Kier molecular flexibility index (Phi) is 4.87. The van der Waals surface area contributed by atoms with Gasteiger partial charge in [-0.2, -0.15) is 4.68 Å². The summed E-state index contributed by atoms with van der Waals surface area (Å²) in [6.07, 6.45) is 4.41. The average Bonchev–Trinajstić information content (AvgIpc) is 3.21. The number of tetrazole rings is 1. The van der Waals surface area contributed by atoms with E-state index < -0.39 is 10.5 Å². The average molecular weight is 393 g/mol. The van der Waals surface area contributed by atoms with Crippen LogP contribution in [0.2, 0.25) is 0 Å². The predicted molar refractivity (Wildman–Crippen MR) is 105 cm³/mol. The number of para-hydroxylation sites is 1. The Labute approximate surface area is 167 Å². The topological polar surface area (TPSA) is 122 Å². The van der Waals surface area contributed by atoms with Gasteiger partial charge < -0.3 is 10.4 Å². The molecule has 0 atom stereocenters. The molecule has 1 fully saturated rings. The molecule has 3 aromatic rings. The number of aryl methyl sites for hydroxylation is 1. The first-order valence-electron chi connectivity index (χ1n) is 9.59. The summed E-state index contributed by atoms with van der Waals surface area (Å²) in [5.41, 5.74) is 1.27. The smallest absolute Gasteiger partial charge is 0.271 e. The van der Waals surface area contributed by atoms with Crippen molar-refractivity contribution >= 4 is 11.4 Å². The van der Waals surface area contributed by atoms with Crippen LogP contribution in [0, 0.1) is 17.0 Å². The third-order valence-corrected chi connectivity index (χ3v) is 5.50. The largest absolute Gasteiger partial charge is 0.871 e. The summed E-state index contributed by atoms with van der Waals surface area (Å²) in [5.74, 6) is 0.313. The Morgan fingerprint density at radius 3 is 2.62 bits per heavy atom. The number of nitrogens with zero attached hydrogens (tertiary/aromatic N) is 5. The van der Waals surface area contributed by atoms with Crippen LogP contribution in [-0.2, 0) is 5.54 Å². The second kappa shape index (κ2) is 7.50. The maximum absolute atomic E-state index is 12.4. The molecule has 9 heteroatoms. The van der Waals surface area contributed by atoms with Crippen molar-refractivity contribution in [2.75, 3.05) is 5.32 Å². The van der Waals surface area contributed by atoms with E-state index in [1.807, 2.05) is 31.2 Å². The summed E-state index contributed by atoms with van der Waals surface area (Å²) < 4.78 is 1.70. The van der Waals surface area contributed by atoms with E-state index in [0.29, 0.717) is 5.82 Å². The molecular weight excluding hydrogens is 372 g/mol. The highest BCUT2D eigenvalue weighted by Gasteiger charge is 2.39. The summed E-state index contributed by atoms with van der Waals surface area (Å²) in [5, 5.41) is 39.4. The molecule has 1 aliphatic rings. The molecular formula is C20H21N6O3-. The molecule has 9 nitrogen and oxygen atoms in total. The van der Waals surface area contributed by atoms with Crippen LogP contribution in [-0.4, -0.2) is 25.1 Å². The fraction of sp³-hybridized carbons (Fsp3) is 0.350. The van der Waals surface area contributed by atoms with Crippen molar-refractivity contribution in [2.24, 2.45) is 0 Å². The summed E-state index contributed by atoms with van der Waals surface area (Å²) >= 11 is 0. The van der Waals surface area contributed by atoms with Gasteiger partial charge >= 0.3 is 0 Å². The molecule has 1 heterocycles. The predicted octanol–water partition coefficient (Wildman–Crippen LogP) is 3.22. The Morgan fingerprint density at radius 1 is 1.14 bits per heavy atom. The molecule has 150 valence electrons. The minimum Gasteiger partial charge on any atom is -0.871 e. The molecule has 0 bridgehead atoms. The number of anilines is 1. The second-order valence-electron chi connectivity index (χ2n) is 7.41. The monoisotopic (exact) mass is 393 g/mol. The Morgan fingerprint density at radius 2 is 1.90 bits per heavy atom. The van der Waals surface area contributed by atoms with Crippen LogP contribution < -0.4 is 10.4 Å². The molecule has 0 aliphatic heterocycles. The van der Waals surface area contributed by atoms with Crippen molar-refractivity contribution in [2.45, 2.75) is 44.6 Å². The molecule has 4 rings (SSSR count). The van der Waals surface area contributed by atoms with E-state index in [1.165, 1.54) is 18.2 Å². The summed E-state index contributed by atoms with van der Waals surface area (Å²) in [7, 11) is 0. The van der Waals surface area contributed by atoms with Gasteiger partial charge in [0.15, 0.2) is 5.82 Å². The Hall–Kier alpha value is -3.49. The Bertz CT molecular complexity index is 1040. The molecule has 0 radical (unpaired) electrons.